The summed E-state index contributed by atoms with van der Waals surface area (Å²) in [6, 6.07) is 7.92. The van der Waals surface area contributed by atoms with Gasteiger partial charge in [-0.15, -0.1) is 0 Å². The first kappa shape index (κ1) is 16.7. The Morgan fingerprint density at radius 1 is 0.760 bits per heavy atom. The van der Waals surface area contributed by atoms with Crippen molar-refractivity contribution in [2.24, 2.45) is 0 Å². The molecular formula is C18H21Cl2N5. The fourth-order valence-corrected chi connectivity index (χ4v) is 3.96. The van der Waals surface area contributed by atoms with Crippen LogP contribution in [0.5, 0.6) is 0 Å². The Morgan fingerprint density at radius 2 is 1.36 bits per heavy atom. The Balaban J connectivity index is 1.45. The van der Waals surface area contributed by atoms with Gasteiger partial charge < -0.3 is 14.7 Å². The summed E-state index contributed by atoms with van der Waals surface area (Å²) in [5.74, 6) is 2.05. The number of anilines is 3. The molecule has 25 heavy (non-hydrogen) atoms. The second-order valence-electron chi connectivity index (χ2n) is 6.48. The monoisotopic (exact) mass is 377 g/mol. The number of rotatable bonds is 3. The van der Waals surface area contributed by atoms with Crippen molar-refractivity contribution in [1.82, 2.24) is 9.97 Å². The highest BCUT2D eigenvalue weighted by Gasteiger charge is 2.22. The van der Waals surface area contributed by atoms with Crippen LogP contribution in [0.1, 0.15) is 12.8 Å². The van der Waals surface area contributed by atoms with Gasteiger partial charge in [-0.2, -0.15) is 0 Å². The maximum atomic E-state index is 6.36. The summed E-state index contributed by atoms with van der Waals surface area (Å²) in [4.78, 5) is 15.9. The van der Waals surface area contributed by atoms with Gasteiger partial charge in [-0.25, -0.2) is 9.97 Å². The molecule has 0 unspecified atom stereocenters. The molecule has 4 rings (SSSR count). The summed E-state index contributed by atoms with van der Waals surface area (Å²) in [5.41, 5.74) is 1.01. The molecule has 0 aliphatic carbocycles. The van der Waals surface area contributed by atoms with E-state index in [0.29, 0.717) is 10.0 Å². The number of piperazine rings is 1. The fraction of sp³-hybridized carbons (Fsp3) is 0.444. The van der Waals surface area contributed by atoms with Gasteiger partial charge in [0.05, 0.1) is 15.7 Å². The Bertz CT molecular complexity index is 740. The van der Waals surface area contributed by atoms with Crippen LogP contribution >= 0.6 is 23.2 Å². The molecule has 0 radical (unpaired) electrons. The zero-order valence-electron chi connectivity index (χ0n) is 14.0. The molecule has 2 fully saturated rings. The lowest BCUT2D eigenvalue weighted by molar-refractivity contribution is 0.646. The molecule has 0 atom stereocenters. The van der Waals surface area contributed by atoms with E-state index >= 15 is 0 Å². The van der Waals surface area contributed by atoms with Gasteiger partial charge in [-0.1, -0.05) is 29.3 Å². The number of nitrogens with zero attached hydrogens (tertiary/aromatic N) is 5. The predicted octanol–water partition coefficient (Wildman–Crippen LogP) is 3.71. The van der Waals surface area contributed by atoms with Crippen molar-refractivity contribution in [3.05, 3.63) is 40.6 Å². The molecule has 2 aromatic rings. The van der Waals surface area contributed by atoms with Crippen LogP contribution in [-0.2, 0) is 0 Å². The largest absolute Gasteiger partial charge is 0.367 e. The lowest BCUT2D eigenvalue weighted by atomic mass is 10.2. The lowest BCUT2D eigenvalue weighted by Gasteiger charge is -2.37. The summed E-state index contributed by atoms with van der Waals surface area (Å²) in [7, 11) is 0. The highest BCUT2D eigenvalue weighted by atomic mass is 35.5. The number of aromatic nitrogens is 2. The minimum atomic E-state index is 0.604. The maximum absolute atomic E-state index is 6.36. The van der Waals surface area contributed by atoms with E-state index in [1.54, 1.807) is 6.33 Å². The van der Waals surface area contributed by atoms with Crippen LogP contribution < -0.4 is 14.7 Å². The highest BCUT2D eigenvalue weighted by Crippen LogP contribution is 2.33. The molecule has 132 valence electrons. The topological polar surface area (TPSA) is 35.5 Å². The third-order valence-electron chi connectivity index (χ3n) is 4.94. The molecule has 7 heteroatoms. The van der Waals surface area contributed by atoms with Crippen LogP contribution in [-0.4, -0.2) is 49.2 Å². The third-order valence-corrected chi connectivity index (χ3v) is 5.75. The Labute approximate surface area is 158 Å². The molecule has 1 aromatic carbocycles. The van der Waals surface area contributed by atoms with Gasteiger partial charge in [-0.05, 0) is 25.0 Å². The molecule has 1 aromatic heterocycles. The van der Waals surface area contributed by atoms with E-state index < -0.39 is 0 Å². The predicted molar refractivity (Wildman–Crippen MR) is 104 cm³/mol. The average molecular weight is 378 g/mol. The first-order valence-corrected chi connectivity index (χ1v) is 9.49. The first-order valence-electron chi connectivity index (χ1n) is 8.73. The normalized spacial score (nSPS) is 18.1. The molecular weight excluding hydrogens is 357 g/mol. The van der Waals surface area contributed by atoms with Crippen molar-refractivity contribution < 1.29 is 0 Å². The van der Waals surface area contributed by atoms with E-state index in [1.165, 1.54) is 12.8 Å². The van der Waals surface area contributed by atoms with Crippen LogP contribution in [0.3, 0.4) is 0 Å². The number of hydrogen-bond donors (Lipinski definition) is 0. The van der Waals surface area contributed by atoms with Crippen molar-refractivity contribution >= 4 is 40.5 Å². The SMILES string of the molecule is Clc1cccc(N2CCN(c3cc(N4CCCC4)ncn3)CC2)c1Cl. The quantitative estimate of drug-likeness (QED) is 0.814. The van der Waals surface area contributed by atoms with Crippen molar-refractivity contribution in [2.75, 3.05) is 54.0 Å². The maximum Gasteiger partial charge on any atom is 0.134 e. The second kappa shape index (κ2) is 7.26. The van der Waals surface area contributed by atoms with E-state index in [4.69, 9.17) is 23.2 Å². The summed E-state index contributed by atoms with van der Waals surface area (Å²) in [6.07, 6.45) is 4.18. The average Bonchev–Trinajstić information content (AvgIpc) is 3.19. The molecule has 5 nitrogen and oxygen atoms in total. The number of benzene rings is 1. The fourth-order valence-electron chi connectivity index (χ4n) is 3.54. The summed E-state index contributed by atoms with van der Waals surface area (Å²) in [6.45, 7) is 5.78. The Kier molecular flexibility index (Phi) is 4.86. The molecule has 0 saturated carbocycles. The standard InChI is InChI=1S/C18H21Cl2N5/c19-14-4-3-5-15(18(14)20)23-8-10-25(11-9-23)17-12-16(21-13-22-17)24-6-1-2-7-24/h3-5,12-13H,1-2,6-11H2. The molecule has 3 heterocycles. The van der Waals surface area contributed by atoms with E-state index in [9.17, 15) is 0 Å². The van der Waals surface area contributed by atoms with E-state index in [0.717, 1.165) is 56.6 Å². The van der Waals surface area contributed by atoms with Gasteiger partial charge in [0.2, 0.25) is 0 Å². The zero-order chi connectivity index (χ0) is 17.2. The van der Waals surface area contributed by atoms with E-state index in [-0.39, 0.29) is 0 Å². The van der Waals surface area contributed by atoms with Crippen LogP contribution in [0.4, 0.5) is 17.3 Å². The van der Waals surface area contributed by atoms with E-state index in [1.807, 2.05) is 18.2 Å². The molecule has 0 bridgehead atoms. The van der Waals surface area contributed by atoms with Gasteiger partial charge >= 0.3 is 0 Å². The molecule has 2 saturated heterocycles. The van der Waals surface area contributed by atoms with Gasteiger partial charge in [0.25, 0.3) is 0 Å². The van der Waals surface area contributed by atoms with E-state index in [2.05, 4.69) is 30.7 Å². The molecule has 0 spiro atoms. The third kappa shape index (κ3) is 3.48. The number of hydrogen-bond acceptors (Lipinski definition) is 5. The zero-order valence-corrected chi connectivity index (χ0v) is 15.5. The number of halogens is 2. The van der Waals surface area contributed by atoms with Crippen molar-refractivity contribution in [3.63, 3.8) is 0 Å². The molecule has 2 aliphatic rings. The van der Waals surface area contributed by atoms with Crippen LogP contribution in [0.25, 0.3) is 0 Å². The van der Waals surface area contributed by atoms with Crippen LogP contribution in [0.15, 0.2) is 30.6 Å². The van der Waals surface area contributed by atoms with Gasteiger partial charge in [0.15, 0.2) is 0 Å². The minimum absolute atomic E-state index is 0.604. The van der Waals surface area contributed by atoms with Crippen molar-refractivity contribution in [2.45, 2.75) is 12.8 Å². The summed E-state index contributed by atoms with van der Waals surface area (Å²) in [5, 5.41) is 1.24. The molecule has 0 amide bonds. The molecule has 2 aliphatic heterocycles. The van der Waals surface area contributed by atoms with Gasteiger partial charge in [0.1, 0.15) is 18.0 Å². The summed E-state index contributed by atoms with van der Waals surface area (Å²) < 4.78 is 0. The minimum Gasteiger partial charge on any atom is -0.367 e. The first-order chi connectivity index (χ1) is 12.2. The van der Waals surface area contributed by atoms with Crippen LogP contribution in [0, 0.1) is 0 Å². The van der Waals surface area contributed by atoms with Crippen molar-refractivity contribution in [3.8, 4) is 0 Å². The van der Waals surface area contributed by atoms with Crippen molar-refractivity contribution in [1.29, 1.82) is 0 Å². The Morgan fingerprint density at radius 3 is 2.04 bits per heavy atom. The lowest BCUT2D eigenvalue weighted by Crippen LogP contribution is -2.47. The van der Waals surface area contributed by atoms with Crippen LogP contribution in [0.2, 0.25) is 10.0 Å². The van der Waals surface area contributed by atoms with Gasteiger partial charge in [-0.3, -0.25) is 0 Å². The molecule has 0 N–H and O–H groups in total. The van der Waals surface area contributed by atoms with Gasteiger partial charge in [0, 0.05) is 45.3 Å². The highest BCUT2D eigenvalue weighted by molar-refractivity contribution is 6.43. The smallest absolute Gasteiger partial charge is 0.134 e. The second-order valence-corrected chi connectivity index (χ2v) is 7.26. The summed E-state index contributed by atoms with van der Waals surface area (Å²) >= 11 is 12.5. The Hall–Kier alpha value is -1.72.